The van der Waals surface area contributed by atoms with E-state index < -0.39 is 0 Å². The van der Waals surface area contributed by atoms with Crippen molar-refractivity contribution >= 4 is 0 Å². The van der Waals surface area contributed by atoms with E-state index in [-0.39, 0.29) is 0 Å². The maximum Gasteiger partial charge on any atom is 0.0707 e. The van der Waals surface area contributed by atoms with Gasteiger partial charge in [0.25, 0.3) is 0 Å². The molecule has 1 N–H and O–H groups in total. The van der Waals surface area contributed by atoms with Crippen molar-refractivity contribution in [1.82, 2.24) is 10.2 Å². The summed E-state index contributed by atoms with van der Waals surface area (Å²) < 4.78 is 5.98. The summed E-state index contributed by atoms with van der Waals surface area (Å²) >= 11 is 0. The van der Waals surface area contributed by atoms with Crippen LogP contribution in [-0.2, 0) is 4.74 Å². The normalized spacial score (nSPS) is 30.5. The molecule has 0 amide bonds. The number of fused-ring (bicyclic) bond motifs is 2. The average molecular weight is 268 g/mol. The van der Waals surface area contributed by atoms with Gasteiger partial charge in [-0.05, 0) is 38.6 Å². The molecule has 4 unspecified atom stereocenters. The topological polar surface area (TPSA) is 24.5 Å². The minimum absolute atomic E-state index is 0.515. The van der Waals surface area contributed by atoms with E-state index in [9.17, 15) is 0 Å². The molecular weight excluding hydrogens is 236 g/mol. The summed E-state index contributed by atoms with van der Waals surface area (Å²) in [6, 6.07) is 1.35. The van der Waals surface area contributed by atoms with Gasteiger partial charge >= 0.3 is 0 Å². The highest BCUT2D eigenvalue weighted by Crippen LogP contribution is 2.29. The van der Waals surface area contributed by atoms with Gasteiger partial charge in [0, 0.05) is 25.2 Å². The lowest BCUT2D eigenvalue weighted by Gasteiger charge is -2.41. The Morgan fingerprint density at radius 3 is 2.32 bits per heavy atom. The van der Waals surface area contributed by atoms with Crippen molar-refractivity contribution in [1.29, 1.82) is 0 Å². The fourth-order valence-corrected chi connectivity index (χ4v) is 3.79. The van der Waals surface area contributed by atoms with Crippen molar-refractivity contribution in [2.45, 2.75) is 83.6 Å². The van der Waals surface area contributed by atoms with Crippen LogP contribution in [-0.4, -0.2) is 48.8 Å². The molecule has 0 aromatic heterocycles. The van der Waals surface area contributed by atoms with Crippen LogP contribution < -0.4 is 5.32 Å². The molecule has 0 aromatic carbocycles. The van der Waals surface area contributed by atoms with E-state index in [2.05, 4.69) is 31.0 Å². The molecule has 2 aliphatic heterocycles. The highest BCUT2D eigenvalue weighted by molar-refractivity contribution is 4.92. The van der Waals surface area contributed by atoms with E-state index in [0.29, 0.717) is 24.3 Å². The van der Waals surface area contributed by atoms with Crippen molar-refractivity contribution in [3.63, 3.8) is 0 Å². The van der Waals surface area contributed by atoms with Crippen LogP contribution >= 0.6 is 0 Å². The van der Waals surface area contributed by atoms with Crippen LogP contribution in [0.25, 0.3) is 0 Å². The van der Waals surface area contributed by atoms with Crippen molar-refractivity contribution in [3.05, 3.63) is 0 Å². The molecule has 0 radical (unpaired) electrons. The zero-order valence-corrected chi connectivity index (χ0v) is 13.0. The van der Waals surface area contributed by atoms with Gasteiger partial charge < -0.3 is 10.1 Å². The van der Waals surface area contributed by atoms with E-state index in [1.165, 1.54) is 38.5 Å². The van der Waals surface area contributed by atoms with Gasteiger partial charge in [-0.25, -0.2) is 0 Å². The van der Waals surface area contributed by atoms with Crippen LogP contribution in [0.3, 0.4) is 0 Å². The smallest absolute Gasteiger partial charge is 0.0707 e. The number of nitrogens with one attached hydrogen (secondary N) is 1. The Kier molecular flexibility index (Phi) is 6.11. The SMILES string of the molecule is CCCNC(CCC)C(CC)N1CC2CCC(C1)O2. The largest absolute Gasteiger partial charge is 0.372 e. The maximum atomic E-state index is 5.98. The van der Waals surface area contributed by atoms with Gasteiger partial charge in [-0.2, -0.15) is 0 Å². The first-order valence-electron chi connectivity index (χ1n) is 8.41. The quantitative estimate of drug-likeness (QED) is 0.732. The maximum absolute atomic E-state index is 5.98. The Bertz CT molecular complexity index is 247. The Morgan fingerprint density at radius 2 is 1.79 bits per heavy atom. The average Bonchev–Trinajstić information content (AvgIpc) is 2.76. The zero-order chi connectivity index (χ0) is 13.7. The fourth-order valence-electron chi connectivity index (χ4n) is 3.79. The van der Waals surface area contributed by atoms with E-state index in [0.717, 1.165) is 19.6 Å². The van der Waals surface area contributed by atoms with E-state index in [4.69, 9.17) is 4.74 Å². The number of rotatable bonds is 8. The van der Waals surface area contributed by atoms with E-state index in [1.54, 1.807) is 0 Å². The van der Waals surface area contributed by atoms with Gasteiger partial charge in [-0.3, -0.25) is 4.90 Å². The molecule has 0 aromatic rings. The summed E-state index contributed by atoms with van der Waals surface area (Å²) in [5, 5.41) is 3.79. The van der Waals surface area contributed by atoms with Gasteiger partial charge in [0.15, 0.2) is 0 Å². The zero-order valence-electron chi connectivity index (χ0n) is 13.0. The molecule has 0 saturated carbocycles. The first-order valence-corrected chi connectivity index (χ1v) is 8.41. The molecule has 0 spiro atoms. The predicted molar refractivity (Wildman–Crippen MR) is 80.5 cm³/mol. The second-order valence-electron chi connectivity index (χ2n) is 6.24. The number of nitrogens with zero attached hydrogens (tertiary/aromatic N) is 1. The second kappa shape index (κ2) is 7.61. The second-order valence-corrected chi connectivity index (χ2v) is 6.24. The molecule has 112 valence electrons. The van der Waals surface area contributed by atoms with Gasteiger partial charge in [-0.15, -0.1) is 0 Å². The molecule has 4 atom stereocenters. The summed E-state index contributed by atoms with van der Waals surface area (Å²) in [5.74, 6) is 0. The van der Waals surface area contributed by atoms with Crippen LogP contribution in [0.4, 0.5) is 0 Å². The number of hydrogen-bond acceptors (Lipinski definition) is 3. The molecule has 2 bridgehead atoms. The molecule has 3 heteroatoms. The van der Waals surface area contributed by atoms with Crippen LogP contribution in [0.5, 0.6) is 0 Å². The lowest BCUT2D eigenvalue weighted by Crippen LogP contribution is -2.55. The van der Waals surface area contributed by atoms with Crippen molar-refractivity contribution in [2.24, 2.45) is 0 Å². The highest BCUT2D eigenvalue weighted by atomic mass is 16.5. The molecule has 19 heavy (non-hydrogen) atoms. The Labute approximate surface area is 119 Å². The Morgan fingerprint density at radius 1 is 1.11 bits per heavy atom. The minimum Gasteiger partial charge on any atom is -0.372 e. The summed E-state index contributed by atoms with van der Waals surface area (Å²) in [7, 11) is 0. The Hall–Kier alpha value is -0.120. The van der Waals surface area contributed by atoms with Crippen molar-refractivity contribution in [3.8, 4) is 0 Å². The number of ether oxygens (including phenoxy) is 1. The number of likely N-dealkylation sites (tertiary alicyclic amines) is 1. The molecule has 3 nitrogen and oxygen atoms in total. The van der Waals surface area contributed by atoms with Gasteiger partial charge in [-0.1, -0.05) is 27.2 Å². The lowest BCUT2D eigenvalue weighted by molar-refractivity contribution is -0.0586. The molecule has 2 fully saturated rings. The van der Waals surface area contributed by atoms with Crippen LogP contribution in [0.2, 0.25) is 0 Å². The third-order valence-corrected chi connectivity index (χ3v) is 4.68. The molecule has 2 saturated heterocycles. The van der Waals surface area contributed by atoms with E-state index >= 15 is 0 Å². The minimum atomic E-state index is 0.515. The predicted octanol–water partition coefficient (Wildman–Crippen LogP) is 2.80. The first-order chi connectivity index (χ1) is 9.28. The molecule has 2 aliphatic rings. The number of hydrogen-bond donors (Lipinski definition) is 1. The number of morpholine rings is 1. The molecule has 2 rings (SSSR count). The standard InChI is InChI=1S/C16H32N2O/c1-4-7-15(17-10-5-2)16(6-3)18-11-13-8-9-14(12-18)19-13/h13-17H,4-12H2,1-3H3. The highest BCUT2D eigenvalue weighted by Gasteiger charge is 2.37. The van der Waals surface area contributed by atoms with Gasteiger partial charge in [0.1, 0.15) is 0 Å². The van der Waals surface area contributed by atoms with Crippen molar-refractivity contribution in [2.75, 3.05) is 19.6 Å². The fraction of sp³-hybridized carbons (Fsp3) is 1.00. The van der Waals surface area contributed by atoms with Crippen molar-refractivity contribution < 1.29 is 4.74 Å². The third kappa shape index (κ3) is 3.93. The first kappa shape index (κ1) is 15.3. The van der Waals surface area contributed by atoms with E-state index in [1.807, 2.05) is 0 Å². The van der Waals surface area contributed by atoms with Crippen LogP contribution in [0, 0.1) is 0 Å². The van der Waals surface area contributed by atoms with Crippen LogP contribution in [0.15, 0.2) is 0 Å². The summed E-state index contributed by atoms with van der Waals surface area (Å²) in [4.78, 5) is 2.72. The Balaban J connectivity index is 1.95. The van der Waals surface area contributed by atoms with Gasteiger partial charge in [0.05, 0.1) is 12.2 Å². The summed E-state index contributed by atoms with van der Waals surface area (Å²) in [5.41, 5.74) is 0. The summed E-state index contributed by atoms with van der Waals surface area (Å²) in [6.07, 6.45) is 8.63. The molecular formula is C16H32N2O. The lowest BCUT2D eigenvalue weighted by atomic mass is 9.98. The van der Waals surface area contributed by atoms with Crippen LogP contribution in [0.1, 0.15) is 59.3 Å². The summed E-state index contributed by atoms with van der Waals surface area (Å²) in [6.45, 7) is 10.4. The van der Waals surface area contributed by atoms with Gasteiger partial charge in [0.2, 0.25) is 0 Å². The third-order valence-electron chi connectivity index (χ3n) is 4.68. The molecule has 2 heterocycles. The monoisotopic (exact) mass is 268 g/mol. The molecule has 0 aliphatic carbocycles.